The predicted molar refractivity (Wildman–Crippen MR) is 78.9 cm³/mol. The van der Waals surface area contributed by atoms with Gasteiger partial charge in [0.15, 0.2) is 0 Å². The van der Waals surface area contributed by atoms with E-state index in [1.807, 2.05) is 6.92 Å². The number of nitrogens with one attached hydrogen (secondary N) is 1. The lowest BCUT2D eigenvalue weighted by Crippen LogP contribution is -2.26. The molecule has 0 spiro atoms. The summed E-state index contributed by atoms with van der Waals surface area (Å²) in [7, 11) is -3.53. The fourth-order valence-corrected chi connectivity index (χ4v) is 3.09. The lowest BCUT2D eigenvalue weighted by Gasteiger charge is -2.09. The molecule has 1 aliphatic carbocycles. The zero-order valence-electron chi connectivity index (χ0n) is 11.8. The molecule has 0 heterocycles. The van der Waals surface area contributed by atoms with Crippen LogP contribution in [-0.4, -0.2) is 28.2 Å². The van der Waals surface area contributed by atoms with Gasteiger partial charge in [-0.15, -0.1) is 0 Å². The maximum absolute atomic E-state index is 12.1. The minimum Gasteiger partial charge on any atom is -0.398 e. The third-order valence-corrected chi connectivity index (χ3v) is 4.80. The summed E-state index contributed by atoms with van der Waals surface area (Å²) in [5.41, 5.74) is 6.98. The predicted octanol–water partition coefficient (Wildman–Crippen LogP) is 1.67. The highest BCUT2D eigenvalue weighted by atomic mass is 32.2. The van der Waals surface area contributed by atoms with Gasteiger partial charge in [0, 0.05) is 19.8 Å². The monoisotopic (exact) mass is 298 g/mol. The number of anilines is 1. The molecular formula is C14H22N2O3S. The molecule has 20 heavy (non-hydrogen) atoms. The maximum Gasteiger partial charge on any atom is 0.242 e. The Morgan fingerprint density at radius 3 is 2.80 bits per heavy atom. The highest BCUT2D eigenvalue weighted by Gasteiger charge is 2.21. The summed E-state index contributed by atoms with van der Waals surface area (Å²) in [6.45, 7) is 3.62. The van der Waals surface area contributed by atoms with Crippen molar-refractivity contribution in [3.8, 4) is 0 Å². The molecule has 1 fully saturated rings. The van der Waals surface area contributed by atoms with Crippen molar-refractivity contribution in [1.82, 2.24) is 4.72 Å². The van der Waals surface area contributed by atoms with Crippen LogP contribution in [0.1, 0.15) is 24.8 Å². The normalized spacial score (nSPS) is 15.4. The second kappa shape index (κ2) is 6.56. The number of hydrogen-bond donors (Lipinski definition) is 2. The molecule has 5 nitrogen and oxygen atoms in total. The van der Waals surface area contributed by atoms with Crippen molar-refractivity contribution < 1.29 is 13.2 Å². The lowest BCUT2D eigenvalue weighted by molar-refractivity contribution is 0.123. The average molecular weight is 298 g/mol. The number of nitrogen functional groups attached to an aromatic ring is 1. The third kappa shape index (κ3) is 4.47. The molecule has 0 amide bonds. The van der Waals surface area contributed by atoms with Crippen molar-refractivity contribution in [3.63, 3.8) is 0 Å². The van der Waals surface area contributed by atoms with Gasteiger partial charge in [0.25, 0.3) is 0 Å². The van der Waals surface area contributed by atoms with Gasteiger partial charge in [0.2, 0.25) is 10.0 Å². The van der Waals surface area contributed by atoms with Crippen LogP contribution in [0, 0.1) is 12.8 Å². The minimum atomic E-state index is -3.53. The Morgan fingerprint density at radius 1 is 1.40 bits per heavy atom. The first kappa shape index (κ1) is 15.3. The lowest BCUT2D eigenvalue weighted by atomic mass is 10.2. The first-order chi connectivity index (χ1) is 9.49. The first-order valence-electron chi connectivity index (χ1n) is 6.92. The highest BCUT2D eigenvalue weighted by Crippen LogP contribution is 2.28. The van der Waals surface area contributed by atoms with Crippen LogP contribution in [0.5, 0.6) is 0 Å². The Hall–Kier alpha value is -1.11. The van der Waals surface area contributed by atoms with Gasteiger partial charge in [-0.25, -0.2) is 13.1 Å². The Bertz CT molecular complexity index is 554. The number of hydrogen-bond acceptors (Lipinski definition) is 4. The molecule has 2 rings (SSSR count). The second-order valence-corrected chi connectivity index (χ2v) is 7.05. The summed E-state index contributed by atoms with van der Waals surface area (Å²) in [5, 5.41) is 0. The zero-order valence-corrected chi connectivity index (χ0v) is 12.6. The molecule has 0 unspecified atom stereocenters. The van der Waals surface area contributed by atoms with E-state index in [1.54, 1.807) is 12.1 Å². The van der Waals surface area contributed by atoms with E-state index in [0.717, 1.165) is 18.1 Å². The number of ether oxygens (including phenoxy) is 1. The van der Waals surface area contributed by atoms with Crippen molar-refractivity contribution in [2.45, 2.75) is 31.1 Å². The van der Waals surface area contributed by atoms with Crippen LogP contribution in [0.4, 0.5) is 5.69 Å². The van der Waals surface area contributed by atoms with E-state index in [2.05, 4.69) is 4.72 Å². The summed E-state index contributed by atoms with van der Waals surface area (Å²) in [6, 6.07) is 4.94. The second-order valence-electron chi connectivity index (χ2n) is 5.31. The number of nitrogens with two attached hydrogens (primary N) is 1. The quantitative estimate of drug-likeness (QED) is 0.565. The molecule has 0 aromatic heterocycles. The van der Waals surface area contributed by atoms with Gasteiger partial charge in [-0.05, 0) is 49.8 Å². The van der Waals surface area contributed by atoms with Crippen LogP contribution < -0.4 is 10.5 Å². The van der Waals surface area contributed by atoms with E-state index in [4.69, 9.17) is 10.5 Å². The van der Waals surface area contributed by atoms with Gasteiger partial charge in [-0.3, -0.25) is 0 Å². The molecule has 0 aliphatic heterocycles. The van der Waals surface area contributed by atoms with Crippen LogP contribution in [0.2, 0.25) is 0 Å². The molecule has 6 heteroatoms. The SMILES string of the molecule is Cc1ccc(S(=O)(=O)NCCCOCC2CC2)c(N)c1. The van der Waals surface area contributed by atoms with E-state index in [-0.39, 0.29) is 10.6 Å². The molecule has 1 aromatic rings. The van der Waals surface area contributed by atoms with E-state index in [0.29, 0.717) is 19.6 Å². The van der Waals surface area contributed by atoms with Gasteiger partial charge in [0.1, 0.15) is 4.90 Å². The molecular weight excluding hydrogens is 276 g/mol. The van der Waals surface area contributed by atoms with Gasteiger partial charge < -0.3 is 10.5 Å². The van der Waals surface area contributed by atoms with E-state index in [1.165, 1.54) is 18.9 Å². The van der Waals surface area contributed by atoms with Crippen LogP contribution >= 0.6 is 0 Å². The highest BCUT2D eigenvalue weighted by molar-refractivity contribution is 7.89. The molecule has 0 saturated heterocycles. The number of aryl methyl sites for hydroxylation is 1. The summed E-state index contributed by atoms with van der Waals surface area (Å²) in [5.74, 6) is 0.735. The molecule has 1 aromatic carbocycles. The fraction of sp³-hybridized carbons (Fsp3) is 0.571. The number of rotatable bonds is 8. The molecule has 112 valence electrons. The summed E-state index contributed by atoms with van der Waals surface area (Å²) in [4.78, 5) is 0.141. The van der Waals surface area contributed by atoms with E-state index in [9.17, 15) is 8.42 Å². The Kier molecular flexibility index (Phi) is 5.01. The van der Waals surface area contributed by atoms with Crippen molar-refractivity contribution >= 4 is 15.7 Å². The maximum atomic E-state index is 12.1. The van der Waals surface area contributed by atoms with Gasteiger partial charge in [-0.1, -0.05) is 6.07 Å². The number of benzene rings is 1. The minimum absolute atomic E-state index is 0.141. The van der Waals surface area contributed by atoms with Gasteiger partial charge >= 0.3 is 0 Å². The van der Waals surface area contributed by atoms with Gasteiger partial charge in [-0.2, -0.15) is 0 Å². The van der Waals surface area contributed by atoms with Crippen molar-refractivity contribution in [2.75, 3.05) is 25.5 Å². The fourth-order valence-electron chi connectivity index (χ4n) is 1.91. The van der Waals surface area contributed by atoms with Crippen LogP contribution in [0.25, 0.3) is 0 Å². The van der Waals surface area contributed by atoms with Crippen LogP contribution in [-0.2, 0) is 14.8 Å². The van der Waals surface area contributed by atoms with Crippen molar-refractivity contribution in [3.05, 3.63) is 23.8 Å². The molecule has 1 aliphatic rings. The van der Waals surface area contributed by atoms with Crippen LogP contribution in [0.15, 0.2) is 23.1 Å². The summed E-state index contributed by atoms with van der Waals surface area (Å²) < 4.78 is 32.2. The van der Waals surface area contributed by atoms with Crippen molar-refractivity contribution in [2.24, 2.45) is 5.92 Å². The smallest absolute Gasteiger partial charge is 0.242 e. The molecule has 0 atom stereocenters. The zero-order chi connectivity index (χ0) is 14.6. The van der Waals surface area contributed by atoms with Crippen molar-refractivity contribution in [1.29, 1.82) is 0 Å². The Labute approximate surface area is 120 Å². The molecule has 3 N–H and O–H groups in total. The van der Waals surface area contributed by atoms with Crippen LogP contribution in [0.3, 0.4) is 0 Å². The third-order valence-electron chi connectivity index (χ3n) is 3.26. The largest absolute Gasteiger partial charge is 0.398 e. The van der Waals surface area contributed by atoms with E-state index >= 15 is 0 Å². The van der Waals surface area contributed by atoms with Gasteiger partial charge in [0.05, 0.1) is 5.69 Å². The molecule has 0 radical (unpaired) electrons. The van der Waals surface area contributed by atoms with E-state index < -0.39 is 10.0 Å². The summed E-state index contributed by atoms with van der Waals surface area (Å²) in [6.07, 6.45) is 3.19. The molecule has 0 bridgehead atoms. The average Bonchev–Trinajstić information content (AvgIpc) is 3.17. The first-order valence-corrected chi connectivity index (χ1v) is 8.41. The Morgan fingerprint density at radius 2 is 2.15 bits per heavy atom. The molecule has 1 saturated carbocycles. The number of sulfonamides is 1. The Balaban J connectivity index is 1.77. The standard InChI is InChI=1S/C14H22N2O3S/c1-11-3-6-14(13(15)9-11)20(17,18)16-7-2-8-19-10-12-4-5-12/h3,6,9,12,16H,2,4-5,7-8,10,15H2,1H3. The summed E-state index contributed by atoms with van der Waals surface area (Å²) >= 11 is 0. The topological polar surface area (TPSA) is 81.4 Å².